The van der Waals surface area contributed by atoms with E-state index in [0.717, 1.165) is 28.2 Å². The Morgan fingerprint density at radius 1 is 1.29 bits per heavy atom. The van der Waals surface area contributed by atoms with Crippen LogP contribution in [-0.4, -0.2) is 10.5 Å². The molecule has 0 aliphatic heterocycles. The number of hydrogen-bond acceptors (Lipinski definition) is 3. The van der Waals surface area contributed by atoms with Gasteiger partial charge in [-0.15, -0.1) is 0 Å². The maximum absolute atomic E-state index is 12.4. The molecule has 1 amide bonds. The van der Waals surface area contributed by atoms with E-state index in [2.05, 4.69) is 5.32 Å². The maximum atomic E-state index is 12.4. The van der Waals surface area contributed by atoms with Crippen molar-refractivity contribution in [2.24, 2.45) is 0 Å². The molecule has 3 rings (SSSR count). The Bertz CT molecular complexity index is 1090. The van der Waals surface area contributed by atoms with Gasteiger partial charge in [-0.3, -0.25) is 4.79 Å². The minimum atomic E-state index is -0.443. The van der Waals surface area contributed by atoms with Gasteiger partial charge in [0.15, 0.2) is 0 Å². The standard InChI is InChI=1S/C22H20ClN3O2/c1-14-6-7-19(11-21(14)23)26-15(2)9-17(16(26)3)10-18(12-24)22(27)25-13-20-5-4-8-28-20/h4-11H,13H2,1-3H3,(H,25,27)/b18-10+. The summed E-state index contributed by atoms with van der Waals surface area (Å²) in [5, 5.41) is 12.8. The summed E-state index contributed by atoms with van der Waals surface area (Å²) in [5.41, 5.74) is 4.69. The molecule has 0 saturated heterocycles. The second-order valence-electron chi connectivity index (χ2n) is 6.53. The fourth-order valence-corrected chi connectivity index (χ4v) is 3.21. The van der Waals surface area contributed by atoms with Crippen molar-refractivity contribution in [3.05, 3.63) is 81.5 Å². The number of aryl methyl sites for hydroxylation is 2. The monoisotopic (exact) mass is 393 g/mol. The predicted molar refractivity (Wildman–Crippen MR) is 109 cm³/mol. The van der Waals surface area contributed by atoms with E-state index in [1.165, 1.54) is 6.26 Å². The first kappa shape index (κ1) is 19.5. The first-order valence-corrected chi connectivity index (χ1v) is 9.16. The Balaban J connectivity index is 1.89. The zero-order chi connectivity index (χ0) is 20.3. The summed E-state index contributed by atoms with van der Waals surface area (Å²) in [5.74, 6) is 0.183. The lowest BCUT2D eigenvalue weighted by molar-refractivity contribution is -0.117. The Labute approximate surface area is 168 Å². The number of halogens is 1. The third-order valence-corrected chi connectivity index (χ3v) is 4.96. The number of rotatable bonds is 5. The molecule has 0 aliphatic rings. The van der Waals surface area contributed by atoms with Gasteiger partial charge in [-0.2, -0.15) is 5.26 Å². The molecule has 3 aromatic rings. The maximum Gasteiger partial charge on any atom is 0.262 e. The van der Waals surface area contributed by atoms with Crippen molar-refractivity contribution in [2.75, 3.05) is 0 Å². The first-order chi connectivity index (χ1) is 13.4. The number of furan rings is 1. The highest BCUT2D eigenvalue weighted by molar-refractivity contribution is 6.31. The number of hydrogen-bond donors (Lipinski definition) is 1. The molecular weight excluding hydrogens is 374 g/mol. The number of benzene rings is 1. The second-order valence-corrected chi connectivity index (χ2v) is 6.93. The summed E-state index contributed by atoms with van der Waals surface area (Å²) < 4.78 is 7.24. The summed E-state index contributed by atoms with van der Waals surface area (Å²) in [6.07, 6.45) is 3.14. The number of nitrogens with zero attached hydrogens (tertiary/aromatic N) is 2. The molecule has 0 radical (unpaired) electrons. The van der Waals surface area contributed by atoms with Crippen molar-refractivity contribution in [3.63, 3.8) is 0 Å². The molecule has 0 saturated carbocycles. The van der Waals surface area contributed by atoms with E-state index in [4.69, 9.17) is 16.0 Å². The molecule has 1 N–H and O–H groups in total. The number of aromatic nitrogens is 1. The van der Waals surface area contributed by atoms with E-state index in [-0.39, 0.29) is 12.1 Å². The van der Waals surface area contributed by atoms with E-state index in [9.17, 15) is 10.1 Å². The molecule has 6 heteroatoms. The first-order valence-electron chi connectivity index (χ1n) is 8.78. The molecule has 0 bridgehead atoms. The molecule has 5 nitrogen and oxygen atoms in total. The Morgan fingerprint density at radius 2 is 2.07 bits per heavy atom. The minimum absolute atomic E-state index is 0.0359. The van der Waals surface area contributed by atoms with Crippen LogP contribution in [0.25, 0.3) is 11.8 Å². The lowest BCUT2D eigenvalue weighted by Crippen LogP contribution is -2.23. The van der Waals surface area contributed by atoms with Gasteiger partial charge in [0, 0.05) is 22.1 Å². The van der Waals surface area contributed by atoms with Crippen LogP contribution in [0.1, 0.15) is 28.3 Å². The molecule has 0 aliphatic carbocycles. The molecule has 28 heavy (non-hydrogen) atoms. The summed E-state index contributed by atoms with van der Waals surface area (Å²) in [7, 11) is 0. The molecule has 2 aromatic heterocycles. The molecule has 0 atom stereocenters. The zero-order valence-electron chi connectivity index (χ0n) is 15.9. The van der Waals surface area contributed by atoms with E-state index < -0.39 is 5.91 Å². The highest BCUT2D eigenvalue weighted by atomic mass is 35.5. The summed E-state index contributed by atoms with van der Waals surface area (Å²) in [6, 6.07) is 13.3. The Kier molecular flexibility index (Phi) is 5.72. The second kappa shape index (κ2) is 8.20. The van der Waals surface area contributed by atoms with Crippen LogP contribution in [0.2, 0.25) is 5.02 Å². The van der Waals surface area contributed by atoms with Crippen molar-refractivity contribution in [1.29, 1.82) is 5.26 Å². The fourth-order valence-electron chi connectivity index (χ4n) is 3.03. The molecule has 0 fully saturated rings. The fraction of sp³-hybridized carbons (Fsp3) is 0.182. The number of amides is 1. The van der Waals surface area contributed by atoms with Crippen LogP contribution in [-0.2, 0) is 11.3 Å². The van der Waals surface area contributed by atoms with Crippen molar-refractivity contribution in [1.82, 2.24) is 9.88 Å². The predicted octanol–water partition coefficient (Wildman–Crippen LogP) is 4.87. The van der Waals surface area contributed by atoms with Crippen LogP contribution >= 0.6 is 11.6 Å². The van der Waals surface area contributed by atoms with Crippen LogP contribution in [0.4, 0.5) is 0 Å². The van der Waals surface area contributed by atoms with Gasteiger partial charge in [-0.05, 0) is 68.3 Å². The molecule has 1 aromatic carbocycles. The van der Waals surface area contributed by atoms with Crippen molar-refractivity contribution >= 4 is 23.6 Å². The molecule has 2 heterocycles. The van der Waals surface area contributed by atoms with Gasteiger partial charge in [0.25, 0.3) is 5.91 Å². The van der Waals surface area contributed by atoms with Gasteiger partial charge in [0.2, 0.25) is 0 Å². The minimum Gasteiger partial charge on any atom is -0.467 e. The number of carbonyl (C=O) groups is 1. The van der Waals surface area contributed by atoms with Gasteiger partial charge in [0.05, 0.1) is 12.8 Å². The van der Waals surface area contributed by atoms with E-state index in [1.54, 1.807) is 18.2 Å². The lowest BCUT2D eigenvalue weighted by atomic mass is 10.1. The zero-order valence-corrected chi connectivity index (χ0v) is 16.7. The van der Waals surface area contributed by atoms with Crippen LogP contribution in [0.15, 0.2) is 52.7 Å². The van der Waals surface area contributed by atoms with E-state index in [1.807, 2.05) is 55.7 Å². The highest BCUT2D eigenvalue weighted by Crippen LogP contribution is 2.26. The normalized spacial score (nSPS) is 11.3. The van der Waals surface area contributed by atoms with Crippen LogP contribution in [0.3, 0.4) is 0 Å². The molecule has 0 spiro atoms. The number of nitriles is 1. The smallest absolute Gasteiger partial charge is 0.262 e. The largest absolute Gasteiger partial charge is 0.467 e. The van der Waals surface area contributed by atoms with Crippen LogP contribution in [0.5, 0.6) is 0 Å². The van der Waals surface area contributed by atoms with Gasteiger partial charge >= 0.3 is 0 Å². The Hall–Kier alpha value is -3.23. The number of nitrogens with one attached hydrogen (secondary N) is 1. The number of carbonyl (C=O) groups excluding carboxylic acids is 1. The third-order valence-electron chi connectivity index (χ3n) is 4.55. The van der Waals surface area contributed by atoms with Gasteiger partial charge in [-0.1, -0.05) is 17.7 Å². The van der Waals surface area contributed by atoms with E-state index in [0.29, 0.717) is 10.8 Å². The van der Waals surface area contributed by atoms with Crippen molar-refractivity contribution < 1.29 is 9.21 Å². The molecule has 142 valence electrons. The van der Waals surface area contributed by atoms with Gasteiger partial charge in [0.1, 0.15) is 17.4 Å². The van der Waals surface area contributed by atoms with Crippen molar-refractivity contribution in [2.45, 2.75) is 27.3 Å². The van der Waals surface area contributed by atoms with Crippen molar-refractivity contribution in [3.8, 4) is 11.8 Å². The van der Waals surface area contributed by atoms with Gasteiger partial charge in [-0.25, -0.2) is 0 Å². The Morgan fingerprint density at radius 3 is 2.71 bits per heavy atom. The highest BCUT2D eigenvalue weighted by Gasteiger charge is 2.14. The topological polar surface area (TPSA) is 71.0 Å². The van der Waals surface area contributed by atoms with E-state index >= 15 is 0 Å². The molecule has 0 unspecified atom stereocenters. The average Bonchev–Trinajstić information content (AvgIpc) is 3.28. The summed E-state index contributed by atoms with van der Waals surface area (Å²) in [4.78, 5) is 12.4. The average molecular weight is 394 g/mol. The SMILES string of the molecule is Cc1ccc(-n2c(C)cc(/C=C(\C#N)C(=O)NCc3ccco3)c2C)cc1Cl. The van der Waals surface area contributed by atoms with Crippen LogP contribution < -0.4 is 5.32 Å². The summed E-state index contributed by atoms with van der Waals surface area (Å²) in [6.45, 7) is 6.10. The summed E-state index contributed by atoms with van der Waals surface area (Å²) >= 11 is 6.27. The molecular formula is C22H20ClN3O2. The van der Waals surface area contributed by atoms with Crippen LogP contribution in [0, 0.1) is 32.1 Å². The van der Waals surface area contributed by atoms with Gasteiger partial charge < -0.3 is 14.3 Å². The third kappa shape index (κ3) is 4.03. The lowest BCUT2D eigenvalue weighted by Gasteiger charge is -2.11. The quantitative estimate of drug-likeness (QED) is 0.496.